The Morgan fingerprint density at radius 1 is 1.03 bits per heavy atom. The minimum atomic E-state index is -2.82. The molecule has 5 aliphatic rings. The molecule has 1 aromatic heterocycles. The maximum atomic E-state index is 13.5. The van der Waals surface area contributed by atoms with Crippen LogP contribution in [0.1, 0.15) is 42.5 Å². The highest BCUT2D eigenvalue weighted by Crippen LogP contribution is 2.65. The second-order valence-electron chi connectivity index (χ2n) is 9.89. The van der Waals surface area contributed by atoms with E-state index in [1.165, 1.54) is 17.8 Å². The Morgan fingerprint density at radius 2 is 1.71 bits per heavy atom. The van der Waals surface area contributed by atoms with Gasteiger partial charge in [0.05, 0.1) is 24.1 Å². The van der Waals surface area contributed by atoms with Crippen LogP contribution < -0.4 is 5.32 Å². The molecule has 4 bridgehead atoms. The number of nitrogens with zero attached hydrogens (tertiary/aromatic N) is 1. The van der Waals surface area contributed by atoms with E-state index < -0.39 is 24.9 Å². The van der Waals surface area contributed by atoms with E-state index >= 15 is 0 Å². The van der Waals surface area contributed by atoms with Crippen molar-refractivity contribution in [2.75, 3.05) is 18.4 Å². The first-order valence-electron chi connectivity index (χ1n) is 11.0. The van der Waals surface area contributed by atoms with Gasteiger partial charge in [0.1, 0.15) is 5.00 Å². The van der Waals surface area contributed by atoms with Crippen molar-refractivity contribution in [3.63, 3.8) is 0 Å². The summed E-state index contributed by atoms with van der Waals surface area (Å²) in [6.07, 6.45) is 5.41. The van der Waals surface area contributed by atoms with Crippen molar-refractivity contribution >= 4 is 28.2 Å². The van der Waals surface area contributed by atoms with E-state index in [1.807, 2.05) is 30.3 Å². The average molecular weight is 443 g/mol. The van der Waals surface area contributed by atoms with Gasteiger partial charge in [0.25, 0.3) is 11.8 Å². The Kier molecular flexibility index (Phi) is 4.14. The number of carbonyl (C=O) groups excluding carboxylic acids is 2. The van der Waals surface area contributed by atoms with Gasteiger partial charge < -0.3 is 10.2 Å². The molecule has 2 amide bonds. The van der Waals surface area contributed by atoms with Crippen LogP contribution in [0.5, 0.6) is 0 Å². The molecule has 31 heavy (non-hydrogen) atoms. The third-order valence-electron chi connectivity index (χ3n) is 7.82. The Bertz CT molecular complexity index is 1040. The number of carbonyl (C=O) groups is 2. The molecule has 2 aromatic rings. The number of halogens is 2. The number of anilines is 1. The molecule has 1 aliphatic heterocycles. The highest BCUT2D eigenvalue weighted by molar-refractivity contribution is 7.20. The molecule has 4 saturated carbocycles. The third kappa shape index (κ3) is 3.04. The van der Waals surface area contributed by atoms with Crippen molar-refractivity contribution in [1.82, 2.24) is 4.90 Å². The van der Waals surface area contributed by atoms with Gasteiger partial charge in [-0.3, -0.25) is 9.59 Å². The Hall–Kier alpha value is -2.28. The highest BCUT2D eigenvalue weighted by Gasteiger charge is 2.61. The summed E-state index contributed by atoms with van der Waals surface area (Å²) in [5, 5.41) is 3.59. The zero-order valence-electron chi connectivity index (χ0n) is 17.1. The topological polar surface area (TPSA) is 49.4 Å². The Morgan fingerprint density at radius 3 is 2.35 bits per heavy atom. The molecule has 1 aromatic carbocycles. The summed E-state index contributed by atoms with van der Waals surface area (Å²) >= 11 is 1.36. The fourth-order valence-electron chi connectivity index (χ4n) is 6.61. The van der Waals surface area contributed by atoms with Crippen LogP contribution >= 0.6 is 11.3 Å². The lowest BCUT2D eigenvalue weighted by atomic mass is 9.75. The number of likely N-dealkylation sites (tertiary alicyclic amines) is 1. The molecule has 0 radical (unpaired) electrons. The maximum absolute atomic E-state index is 13.5. The van der Waals surface area contributed by atoms with Crippen molar-refractivity contribution < 1.29 is 18.4 Å². The van der Waals surface area contributed by atoms with Crippen LogP contribution in [0.4, 0.5) is 13.8 Å². The lowest BCUT2D eigenvalue weighted by Gasteiger charge is -2.38. The minimum Gasteiger partial charge on any atom is -0.326 e. The third-order valence-corrected chi connectivity index (χ3v) is 8.92. The summed E-state index contributed by atoms with van der Waals surface area (Å²) in [5.41, 5.74) is 0.950. The van der Waals surface area contributed by atoms with Crippen LogP contribution in [-0.4, -0.2) is 35.7 Å². The quantitative estimate of drug-likeness (QED) is 0.701. The SMILES string of the molecule is O=C(c1cc(-c2ccccc2)sc1NC(=O)C12CC3CC(CC1C3)C2)N1CC(F)(F)C1. The van der Waals surface area contributed by atoms with Gasteiger partial charge in [-0.2, -0.15) is 0 Å². The van der Waals surface area contributed by atoms with Crippen LogP contribution in [0, 0.1) is 23.2 Å². The van der Waals surface area contributed by atoms with Gasteiger partial charge in [0.2, 0.25) is 5.91 Å². The number of amides is 2. The van der Waals surface area contributed by atoms with Gasteiger partial charge in [-0.15, -0.1) is 11.3 Å². The highest BCUT2D eigenvalue weighted by atomic mass is 32.1. The first-order chi connectivity index (χ1) is 14.8. The molecule has 1 saturated heterocycles. The fourth-order valence-corrected chi connectivity index (χ4v) is 7.66. The van der Waals surface area contributed by atoms with Crippen molar-refractivity contribution in [2.45, 2.75) is 38.0 Å². The standard InChI is InChI=1S/C24H24F2N2O2S/c25-24(26)12-28(13-24)21(29)18-9-19(16-4-2-1-3-5-16)31-20(18)27-22(30)23-10-14-6-15(11-23)8-17(23)7-14/h1-5,9,14-15,17H,6-8,10-13H2,(H,27,30). The molecule has 162 valence electrons. The number of alkyl halides is 2. The molecule has 4 nitrogen and oxygen atoms in total. The molecular weight excluding hydrogens is 418 g/mol. The van der Waals surface area contributed by atoms with E-state index in [1.54, 1.807) is 6.07 Å². The second kappa shape index (κ2) is 6.61. The summed E-state index contributed by atoms with van der Waals surface area (Å²) in [6.45, 7) is -1.13. The van der Waals surface area contributed by atoms with Gasteiger partial charge in [-0.05, 0) is 61.5 Å². The molecule has 2 atom stereocenters. The number of benzene rings is 1. The van der Waals surface area contributed by atoms with Gasteiger partial charge in [-0.1, -0.05) is 30.3 Å². The molecule has 4 aliphatic carbocycles. The van der Waals surface area contributed by atoms with E-state index in [-0.39, 0.29) is 11.3 Å². The fraction of sp³-hybridized carbons (Fsp3) is 0.500. The molecule has 7 heteroatoms. The maximum Gasteiger partial charge on any atom is 0.282 e. The average Bonchev–Trinajstić information content (AvgIpc) is 3.33. The minimum absolute atomic E-state index is 0.0200. The molecule has 2 heterocycles. The smallest absolute Gasteiger partial charge is 0.282 e. The Labute approximate surface area is 183 Å². The first kappa shape index (κ1) is 19.4. The molecular formula is C24H24F2N2O2S. The van der Waals surface area contributed by atoms with Crippen LogP contribution in [0.25, 0.3) is 10.4 Å². The summed E-state index contributed by atoms with van der Waals surface area (Å²) < 4.78 is 26.8. The number of thiophene rings is 1. The van der Waals surface area contributed by atoms with Gasteiger partial charge >= 0.3 is 0 Å². The van der Waals surface area contributed by atoms with E-state index in [0.29, 0.717) is 28.3 Å². The Balaban J connectivity index is 1.32. The molecule has 5 fully saturated rings. The molecule has 2 unspecified atom stereocenters. The zero-order chi connectivity index (χ0) is 21.4. The number of hydrogen-bond donors (Lipinski definition) is 1. The summed E-state index contributed by atoms with van der Waals surface area (Å²) in [5.74, 6) is -1.50. The molecule has 0 spiro atoms. The predicted octanol–water partition coefficient (Wildman–Crippen LogP) is 5.27. The molecule has 7 rings (SSSR count). The van der Waals surface area contributed by atoms with Gasteiger partial charge in [0.15, 0.2) is 0 Å². The van der Waals surface area contributed by atoms with Crippen molar-refractivity contribution in [2.24, 2.45) is 23.2 Å². The van der Waals surface area contributed by atoms with Crippen LogP contribution in [0.15, 0.2) is 36.4 Å². The van der Waals surface area contributed by atoms with Crippen molar-refractivity contribution in [3.05, 3.63) is 42.0 Å². The van der Waals surface area contributed by atoms with Gasteiger partial charge in [-0.25, -0.2) is 8.78 Å². The van der Waals surface area contributed by atoms with E-state index in [2.05, 4.69) is 5.32 Å². The van der Waals surface area contributed by atoms with Crippen LogP contribution in [-0.2, 0) is 4.79 Å². The first-order valence-corrected chi connectivity index (χ1v) is 11.8. The van der Waals surface area contributed by atoms with Crippen molar-refractivity contribution in [3.8, 4) is 10.4 Å². The van der Waals surface area contributed by atoms with E-state index in [0.717, 1.165) is 41.0 Å². The van der Waals surface area contributed by atoms with E-state index in [4.69, 9.17) is 0 Å². The van der Waals surface area contributed by atoms with Crippen LogP contribution in [0.3, 0.4) is 0 Å². The summed E-state index contributed by atoms with van der Waals surface area (Å²) in [6, 6.07) is 11.4. The lowest BCUT2D eigenvalue weighted by Crippen LogP contribution is -2.58. The van der Waals surface area contributed by atoms with Gasteiger partial charge in [0, 0.05) is 4.88 Å². The second-order valence-corrected chi connectivity index (χ2v) is 10.9. The normalized spacial score (nSPS) is 32.2. The van der Waals surface area contributed by atoms with Crippen LogP contribution in [0.2, 0.25) is 0 Å². The number of hydrogen-bond acceptors (Lipinski definition) is 3. The zero-order valence-corrected chi connectivity index (χ0v) is 17.9. The predicted molar refractivity (Wildman–Crippen MR) is 115 cm³/mol. The number of nitrogens with one attached hydrogen (secondary N) is 1. The summed E-state index contributed by atoms with van der Waals surface area (Å²) in [4.78, 5) is 28.5. The number of rotatable bonds is 4. The lowest BCUT2D eigenvalue weighted by molar-refractivity contribution is -0.127. The largest absolute Gasteiger partial charge is 0.326 e. The van der Waals surface area contributed by atoms with E-state index in [9.17, 15) is 18.4 Å². The molecule has 1 N–H and O–H groups in total. The monoisotopic (exact) mass is 442 g/mol. The van der Waals surface area contributed by atoms with Crippen molar-refractivity contribution in [1.29, 1.82) is 0 Å². The summed E-state index contributed by atoms with van der Waals surface area (Å²) in [7, 11) is 0.